The fourth-order valence-electron chi connectivity index (χ4n) is 1.61. The fourth-order valence-corrected chi connectivity index (χ4v) is 1.80. The van der Waals surface area contributed by atoms with E-state index in [1.54, 1.807) is 24.7 Å². The highest BCUT2D eigenvalue weighted by molar-refractivity contribution is 6.33. The monoisotopic (exact) mass is 279 g/mol. The predicted molar refractivity (Wildman–Crippen MR) is 73.0 cm³/mol. The number of aryl methyl sites for hydroxylation is 1. The highest BCUT2D eigenvalue weighted by Crippen LogP contribution is 2.19. The number of benzene rings is 1. The summed E-state index contributed by atoms with van der Waals surface area (Å²) in [4.78, 5) is 15.7. The quantitative estimate of drug-likeness (QED) is 0.518. The standard InChI is InChI=1S/C13H14ClN3O2/c14-12-3-2-10(15)8-11(12)13(18)19-7-1-5-17-6-4-16-9-17/h2-4,6,8-9H,1,5,7,15H2. The second-order valence-electron chi connectivity index (χ2n) is 4.03. The SMILES string of the molecule is Nc1ccc(Cl)c(C(=O)OCCCn2ccnc2)c1. The molecule has 2 N–H and O–H groups in total. The third kappa shape index (κ3) is 3.72. The fraction of sp³-hybridized carbons (Fsp3) is 0.231. The molecule has 0 fully saturated rings. The van der Waals surface area contributed by atoms with E-state index in [1.807, 2.05) is 10.8 Å². The van der Waals surface area contributed by atoms with E-state index in [0.29, 0.717) is 29.3 Å². The molecule has 2 rings (SSSR count). The number of hydrogen-bond donors (Lipinski definition) is 1. The molecule has 0 spiro atoms. The average molecular weight is 280 g/mol. The average Bonchev–Trinajstić information content (AvgIpc) is 2.90. The molecule has 0 aliphatic rings. The number of aromatic nitrogens is 2. The lowest BCUT2D eigenvalue weighted by atomic mass is 10.2. The van der Waals surface area contributed by atoms with E-state index in [1.165, 1.54) is 6.07 Å². The highest BCUT2D eigenvalue weighted by Gasteiger charge is 2.11. The summed E-state index contributed by atoms with van der Waals surface area (Å²) < 4.78 is 7.07. The summed E-state index contributed by atoms with van der Waals surface area (Å²) in [7, 11) is 0. The van der Waals surface area contributed by atoms with Crippen molar-refractivity contribution in [2.75, 3.05) is 12.3 Å². The van der Waals surface area contributed by atoms with Gasteiger partial charge in [-0.3, -0.25) is 0 Å². The molecular weight excluding hydrogens is 266 g/mol. The molecule has 0 bridgehead atoms. The second-order valence-corrected chi connectivity index (χ2v) is 4.44. The van der Waals surface area contributed by atoms with Crippen molar-refractivity contribution in [2.24, 2.45) is 0 Å². The lowest BCUT2D eigenvalue weighted by Crippen LogP contribution is -2.09. The first kappa shape index (κ1) is 13.4. The number of anilines is 1. The Morgan fingerprint density at radius 1 is 1.47 bits per heavy atom. The van der Waals surface area contributed by atoms with Crippen molar-refractivity contribution in [3.8, 4) is 0 Å². The number of halogens is 1. The number of hydrogen-bond acceptors (Lipinski definition) is 4. The number of nitrogens with two attached hydrogens (primary N) is 1. The Kier molecular flexibility index (Phi) is 4.41. The van der Waals surface area contributed by atoms with Crippen molar-refractivity contribution in [2.45, 2.75) is 13.0 Å². The summed E-state index contributed by atoms with van der Waals surface area (Å²) in [5.41, 5.74) is 6.38. The molecule has 0 saturated carbocycles. The van der Waals surface area contributed by atoms with Crippen molar-refractivity contribution in [3.63, 3.8) is 0 Å². The summed E-state index contributed by atoms with van der Waals surface area (Å²) in [5.74, 6) is -0.456. The minimum absolute atomic E-state index is 0.296. The zero-order chi connectivity index (χ0) is 13.7. The molecule has 0 unspecified atom stereocenters. The van der Waals surface area contributed by atoms with Crippen LogP contribution in [-0.4, -0.2) is 22.1 Å². The first-order valence-electron chi connectivity index (χ1n) is 5.84. The van der Waals surface area contributed by atoms with Crippen LogP contribution in [0.15, 0.2) is 36.9 Å². The van der Waals surface area contributed by atoms with Gasteiger partial charge in [-0.25, -0.2) is 9.78 Å². The van der Waals surface area contributed by atoms with Crippen molar-refractivity contribution >= 4 is 23.3 Å². The van der Waals surface area contributed by atoms with Crippen LogP contribution in [0, 0.1) is 0 Å². The maximum atomic E-state index is 11.8. The number of nitrogens with zero attached hydrogens (tertiary/aromatic N) is 2. The van der Waals surface area contributed by atoms with Crippen molar-refractivity contribution in [3.05, 3.63) is 47.5 Å². The molecule has 0 aliphatic heterocycles. The van der Waals surface area contributed by atoms with Crippen LogP contribution in [0.1, 0.15) is 16.8 Å². The maximum absolute atomic E-state index is 11.8. The minimum Gasteiger partial charge on any atom is -0.462 e. The first-order valence-corrected chi connectivity index (χ1v) is 6.22. The van der Waals surface area contributed by atoms with Gasteiger partial charge in [0.05, 0.1) is 23.5 Å². The molecule has 100 valence electrons. The Balaban J connectivity index is 1.82. The van der Waals surface area contributed by atoms with Crippen LogP contribution in [0.2, 0.25) is 5.02 Å². The third-order valence-corrected chi connectivity index (χ3v) is 2.89. The molecule has 0 atom stereocenters. The van der Waals surface area contributed by atoms with Gasteiger partial charge in [0.2, 0.25) is 0 Å². The van der Waals surface area contributed by atoms with Crippen molar-refractivity contribution in [1.29, 1.82) is 0 Å². The zero-order valence-corrected chi connectivity index (χ0v) is 11.0. The van der Waals surface area contributed by atoms with Gasteiger partial charge in [0.15, 0.2) is 0 Å². The second kappa shape index (κ2) is 6.24. The van der Waals surface area contributed by atoms with E-state index < -0.39 is 5.97 Å². The van der Waals surface area contributed by atoms with Crippen molar-refractivity contribution in [1.82, 2.24) is 9.55 Å². The van der Waals surface area contributed by atoms with Gasteiger partial charge >= 0.3 is 5.97 Å². The molecular formula is C13H14ClN3O2. The number of esters is 1. The molecule has 5 nitrogen and oxygen atoms in total. The predicted octanol–water partition coefficient (Wildman–Crippen LogP) is 2.37. The van der Waals surface area contributed by atoms with Gasteiger partial charge in [-0.2, -0.15) is 0 Å². The van der Waals surface area contributed by atoms with E-state index in [0.717, 1.165) is 6.54 Å². The Bertz CT molecular complexity index is 555. The van der Waals surface area contributed by atoms with Gasteiger partial charge in [-0.1, -0.05) is 11.6 Å². The largest absolute Gasteiger partial charge is 0.462 e. The van der Waals surface area contributed by atoms with Gasteiger partial charge in [-0.15, -0.1) is 0 Å². The topological polar surface area (TPSA) is 70.1 Å². The highest BCUT2D eigenvalue weighted by atomic mass is 35.5. The molecule has 0 amide bonds. The third-order valence-electron chi connectivity index (χ3n) is 2.56. The minimum atomic E-state index is -0.456. The molecule has 0 radical (unpaired) electrons. The Labute approximate surface area is 116 Å². The zero-order valence-electron chi connectivity index (χ0n) is 10.3. The number of carbonyl (C=O) groups excluding carboxylic acids is 1. The first-order chi connectivity index (χ1) is 9.16. The molecule has 1 aromatic heterocycles. The Hall–Kier alpha value is -2.01. The summed E-state index contributed by atoms with van der Waals surface area (Å²) in [5, 5.41) is 0.341. The smallest absolute Gasteiger partial charge is 0.339 e. The van der Waals surface area contributed by atoms with Crippen LogP contribution in [0.5, 0.6) is 0 Å². The van der Waals surface area contributed by atoms with E-state index in [2.05, 4.69) is 4.98 Å². The lowest BCUT2D eigenvalue weighted by Gasteiger charge is -2.07. The van der Waals surface area contributed by atoms with Crippen LogP contribution in [-0.2, 0) is 11.3 Å². The number of rotatable bonds is 5. The van der Waals surface area contributed by atoms with Crippen LogP contribution in [0.25, 0.3) is 0 Å². The lowest BCUT2D eigenvalue weighted by molar-refractivity contribution is 0.0496. The van der Waals surface area contributed by atoms with Gasteiger partial charge in [-0.05, 0) is 24.6 Å². The number of ether oxygens (including phenoxy) is 1. The van der Waals surface area contributed by atoms with E-state index in [-0.39, 0.29) is 0 Å². The molecule has 1 aromatic carbocycles. The molecule has 2 aromatic rings. The summed E-state index contributed by atoms with van der Waals surface area (Å²) in [6.45, 7) is 1.07. The van der Waals surface area contributed by atoms with E-state index >= 15 is 0 Å². The Morgan fingerprint density at radius 2 is 2.32 bits per heavy atom. The molecule has 0 saturated heterocycles. The molecule has 6 heteroatoms. The van der Waals surface area contributed by atoms with Gasteiger partial charge in [0, 0.05) is 24.6 Å². The summed E-state index contributed by atoms with van der Waals surface area (Å²) in [6, 6.07) is 4.73. The van der Waals surface area contributed by atoms with Crippen LogP contribution >= 0.6 is 11.6 Å². The summed E-state index contributed by atoms with van der Waals surface area (Å²) >= 11 is 5.92. The maximum Gasteiger partial charge on any atom is 0.339 e. The van der Waals surface area contributed by atoms with Crippen molar-refractivity contribution < 1.29 is 9.53 Å². The molecule has 0 aliphatic carbocycles. The molecule has 1 heterocycles. The van der Waals surface area contributed by atoms with E-state index in [4.69, 9.17) is 22.1 Å². The van der Waals surface area contributed by atoms with Gasteiger partial charge in [0.1, 0.15) is 0 Å². The summed E-state index contributed by atoms with van der Waals surface area (Å²) in [6.07, 6.45) is 5.99. The number of carbonyl (C=O) groups is 1. The number of imidazole rings is 1. The van der Waals surface area contributed by atoms with Gasteiger partial charge < -0.3 is 15.0 Å². The van der Waals surface area contributed by atoms with Crippen LogP contribution < -0.4 is 5.73 Å². The number of nitrogen functional groups attached to an aromatic ring is 1. The molecule has 19 heavy (non-hydrogen) atoms. The normalized spacial score (nSPS) is 10.4. The van der Waals surface area contributed by atoms with E-state index in [9.17, 15) is 4.79 Å². The van der Waals surface area contributed by atoms with Gasteiger partial charge in [0.25, 0.3) is 0 Å². The Morgan fingerprint density at radius 3 is 3.05 bits per heavy atom. The van der Waals surface area contributed by atoms with Crippen LogP contribution in [0.3, 0.4) is 0 Å². The van der Waals surface area contributed by atoms with Crippen LogP contribution in [0.4, 0.5) is 5.69 Å².